The SMILES string of the molecule is CC(=O)Nc1ccc(C(=O)NCCCN2CCCCC2C)cc1NC(C)=O. The summed E-state index contributed by atoms with van der Waals surface area (Å²) in [6.07, 6.45) is 4.71. The molecule has 148 valence electrons. The summed E-state index contributed by atoms with van der Waals surface area (Å²) in [4.78, 5) is 37.6. The standard InChI is InChI=1S/C20H30N4O3/c1-14-7-4-5-11-24(14)12-6-10-21-20(27)17-8-9-18(22-15(2)25)19(13-17)23-16(3)26/h8-9,13-14H,4-7,10-12H2,1-3H3,(H,21,27)(H,22,25)(H,23,26). The number of nitrogens with one attached hydrogen (secondary N) is 3. The molecule has 1 saturated heterocycles. The van der Waals surface area contributed by atoms with Gasteiger partial charge in [0.15, 0.2) is 0 Å². The van der Waals surface area contributed by atoms with Crippen LogP contribution in [0.3, 0.4) is 0 Å². The molecule has 0 aliphatic carbocycles. The van der Waals surface area contributed by atoms with Crippen molar-refractivity contribution in [1.29, 1.82) is 0 Å². The highest BCUT2D eigenvalue weighted by Crippen LogP contribution is 2.23. The first-order chi connectivity index (χ1) is 12.9. The van der Waals surface area contributed by atoms with E-state index in [9.17, 15) is 14.4 Å². The molecule has 2 rings (SSSR count). The molecule has 0 spiro atoms. The number of piperidine rings is 1. The zero-order valence-electron chi connectivity index (χ0n) is 16.4. The minimum Gasteiger partial charge on any atom is -0.352 e. The van der Waals surface area contributed by atoms with Gasteiger partial charge < -0.3 is 20.9 Å². The molecule has 3 N–H and O–H groups in total. The van der Waals surface area contributed by atoms with Gasteiger partial charge in [-0.2, -0.15) is 0 Å². The van der Waals surface area contributed by atoms with E-state index in [0.717, 1.165) is 19.5 Å². The summed E-state index contributed by atoms with van der Waals surface area (Å²) in [5, 5.41) is 8.22. The summed E-state index contributed by atoms with van der Waals surface area (Å²) in [7, 11) is 0. The smallest absolute Gasteiger partial charge is 0.251 e. The maximum absolute atomic E-state index is 12.4. The monoisotopic (exact) mass is 374 g/mol. The van der Waals surface area contributed by atoms with Crippen LogP contribution < -0.4 is 16.0 Å². The van der Waals surface area contributed by atoms with Crippen molar-refractivity contribution in [2.45, 2.75) is 52.5 Å². The second kappa shape index (κ2) is 10.1. The number of hydrogen-bond acceptors (Lipinski definition) is 4. The third kappa shape index (κ3) is 6.67. The van der Waals surface area contributed by atoms with Crippen LogP contribution in [0, 0.1) is 0 Å². The number of anilines is 2. The molecule has 1 fully saturated rings. The molecule has 1 aromatic carbocycles. The van der Waals surface area contributed by atoms with Crippen molar-refractivity contribution in [3.8, 4) is 0 Å². The van der Waals surface area contributed by atoms with Gasteiger partial charge in [0.25, 0.3) is 5.91 Å². The van der Waals surface area contributed by atoms with Crippen molar-refractivity contribution >= 4 is 29.1 Å². The topological polar surface area (TPSA) is 90.5 Å². The molecule has 1 atom stereocenters. The van der Waals surface area contributed by atoms with Crippen molar-refractivity contribution in [2.75, 3.05) is 30.3 Å². The molecule has 0 radical (unpaired) electrons. The average Bonchev–Trinajstić information content (AvgIpc) is 2.60. The molecule has 3 amide bonds. The lowest BCUT2D eigenvalue weighted by Crippen LogP contribution is -2.39. The third-order valence-electron chi connectivity index (χ3n) is 4.75. The summed E-state index contributed by atoms with van der Waals surface area (Å²) in [6.45, 7) is 7.76. The van der Waals surface area contributed by atoms with Gasteiger partial charge in [-0.05, 0) is 50.9 Å². The summed E-state index contributed by atoms with van der Waals surface area (Å²) in [5.41, 5.74) is 1.32. The van der Waals surface area contributed by atoms with E-state index in [2.05, 4.69) is 27.8 Å². The van der Waals surface area contributed by atoms with Gasteiger partial charge in [-0.1, -0.05) is 6.42 Å². The largest absolute Gasteiger partial charge is 0.352 e. The molecular formula is C20H30N4O3. The predicted octanol–water partition coefficient (Wildman–Crippen LogP) is 2.60. The Labute approximate surface area is 160 Å². The lowest BCUT2D eigenvalue weighted by molar-refractivity contribution is -0.115. The van der Waals surface area contributed by atoms with Crippen LogP contribution in [0.25, 0.3) is 0 Å². The Balaban J connectivity index is 1.90. The van der Waals surface area contributed by atoms with Crippen molar-refractivity contribution in [1.82, 2.24) is 10.2 Å². The van der Waals surface area contributed by atoms with E-state index in [1.165, 1.54) is 33.1 Å². The fourth-order valence-electron chi connectivity index (χ4n) is 3.35. The number of nitrogens with zero attached hydrogens (tertiary/aromatic N) is 1. The second-order valence-corrected chi connectivity index (χ2v) is 7.11. The Morgan fingerprint density at radius 3 is 2.44 bits per heavy atom. The van der Waals surface area contributed by atoms with Crippen LogP contribution in [-0.4, -0.2) is 48.3 Å². The van der Waals surface area contributed by atoms with E-state index in [1.807, 2.05) is 0 Å². The van der Waals surface area contributed by atoms with E-state index in [-0.39, 0.29) is 17.7 Å². The summed E-state index contributed by atoms with van der Waals surface area (Å²) < 4.78 is 0. The second-order valence-electron chi connectivity index (χ2n) is 7.11. The number of carbonyl (C=O) groups excluding carboxylic acids is 3. The van der Waals surface area contributed by atoms with E-state index < -0.39 is 0 Å². The van der Waals surface area contributed by atoms with Crippen LogP contribution in [0.5, 0.6) is 0 Å². The number of likely N-dealkylation sites (tertiary alicyclic amines) is 1. The first-order valence-corrected chi connectivity index (χ1v) is 9.58. The minimum atomic E-state index is -0.269. The highest BCUT2D eigenvalue weighted by molar-refractivity contribution is 6.02. The normalized spacial score (nSPS) is 17.2. The van der Waals surface area contributed by atoms with Crippen LogP contribution in [0.2, 0.25) is 0 Å². The van der Waals surface area contributed by atoms with Gasteiger partial charge >= 0.3 is 0 Å². The van der Waals surface area contributed by atoms with Crippen molar-refractivity contribution in [3.05, 3.63) is 23.8 Å². The van der Waals surface area contributed by atoms with Gasteiger partial charge in [-0.25, -0.2) is 0 Å². The molecule has 7 nitrogen and oxygen atoms in total. The zero-order chi connectivity index (χ0) is 19.8. The molecule has 1 aliphatic rings. The summed E-state index contributed by atoms with van der Waals surface area (Å²) >= 11 is 0. The molecule has 7 heteroatoms. The molecule has 1 aliphatic heterocycles. The number of carbonyl (C=O) groups is 3. The Morgan fingerprint density at radius 1 is 1.07 bits per heavy atom. The Hall–Kier alpha value is -2.41. The van der Waals surface area contributed by atoms with Gasteiger partial charge in [0.2, 0.25) is 11.8 Å². The highest BCUT2D eigenvalue weighted by atomic mass is 16.2. The maximum Gasteiger partial charge on any atom is 0.251 e. The van der Waals surface area contributed by atoms with Crippen molar-refractivity contribution in [3.63, 3.8) is 0 Å². The van der Waals surface area contributed by atoms with Gasteiger partial charge in [0, 0.05) is 38.5 Å². The molecular weight excluding hydrogens is 344 g/mol. The third-order valence-corrected chi connectivity index (χ3v) is 4.75. The van der Waals surface area contributed by atoms with Crippen LogP contribution in [-0.2, 0) is 9.59 Å². The molecule has 0 bridgehead atoms. The van der Waals surface area contributed by atoms with Crippen molar-refractivity contribution < 1.29 is 14.4 Å². The lowest BCUT2D eigenvalue weighted by Gasteiger charge is -2.33. The van der Waals surface area contributed by atoms with Gasteiger partial charge in [-0.3, -0.25) is 14.4 Å². The Bertz CT molecular complexity index is 690. The van der Waals surface area contributed by atoms with E-state index in [4.69, 9.17) is 0 Å². The Morgan fingerprint density at radius 2 is 1.78 bits per heavy atom. The number of rotatable bonds is 7. The van der Waals surface area contributed by atoms with Crippen molar-refractivity contribution in [2.24, 2.45) is 0 Å². The molecule has 1 aromatic rings. The number of amides is 3. The van der Waals surface area contributed by atoms with Crippen LogP contribution in [0.15, 0.2) is 18.2 Å². The van der Waals surface area contributed by atoms with Crippen LogP contribution >= 0.6 is 0 Å². The molecule has 27 heavy (non-hydrogen) atoms. The number of hydrogen-bond donors (Lipinski definition) is 3. The predicted molar refractivity (Wildman–Crippen MR) is 107 cm³/mol. The lowest BCUT2D eigenvalue weighted by atomic mass is 10.0. The molecule has 1 unspecified atom stereocenters. The highest BCUT2D eigenvalue weighted by Gasteiger charge is 2.17. The zero-order valence-corrected chi connectivity index (χ0v) is 16.4. The summed E-state index contributed by atoms with van der Waals surface area (Å²) in [6, 6.07) is 5.46. The van der Waals surface area contributed by atoms with Gasteiger partial charge in [-0.15, -0.1) is 0 Å². The Kier molecular flexibility index (Phi) is 7.79. The quantitative estimate of drug-likeness (QED) is 0.640. The minimum absolute atomic E-state index is 0.192. The fraction of sp³-hybridized carbons (Fsp3) is 0.550. The first-order valence-electron chi connectivity index (χ1n) is 9.58. The maximum atomic E-state index is 12.4. The molecule has 0 aromatic heterocycles. The average molecular weight is 374 g/mol. The molecule has 1 heterocycles. The van der Waals surface area contributed by atoms with E-state index >= 15 is 0 Å². The van der Waals surface area contributed by atoms with Crippen LogP contribution in [0.1, 0.15) is 56.8 Å². The van der Waals surface area contributed by atoms with E-state index in [1.54, 1.807) is 18.2 Å². The van der Waals surface area contributed by atoms with Gasteiger partial charge in [0.05, 0.1) is 11.4 Å². The van der Waals surface area contributed by atoms with E-state index in [0.29, 0.717) is 29.5 Å². The summed E-state index contributed by atoms with van der Waals surface area (Å²) in [5.74, 6) is -0.705. The first kappa shape index (κ1) is 20.9. The fourth-order valence-corrected chi connectivity index (χ4v) is 3.35. The van der Waals surface area contributed by atoms with Gasteiger partial charge in [0.1, 0.15) is 0 Å². The van der Waals surface area contributed by atoms with Crippen LogP contribution in [0.4, 0.5) is 11.4 Å². The number of benzene rings is 1. The molecule has 0 saturated carbocycles.